The molecule has 0 amide bonds. The van der Waals surface area contributed by atoms with Gasteiger partial charge in [0, 0.05) is 44.2 Å². The number of piperazine rings is 1. The highest BCUT2D eigenvalue weighted by Gasteiger charge is 2.32. The van der Waals surface area contributed by atoms with E-state index in [0.717, 1.165) is 0 Å². The Morgan fingerprint density at radius 3 is 2.48 bits per heavy atom. The molecule has 0 bridgehead atoms. The van der Waals surface area contributed by atoms with Crippen LogP contribution in [0.2, 0.25) is 0 Å². The van der Waals surface area contributed by atoms with Crippen molar-refractivity contribution >= 4 is 12.4 Å². The average Bonchev–Trinajstić information content (AvgIpc) is 2.49. The van der Waals surface area contributed by atoms with E-state index in [1.165, 1.54) is 25.3 Å². The summed E-state index contributed by atoms with van der Waals surface area (Å²) in [5.74, 6) is -0.0462. The number of methoxy groups -OCH3 is 1. The SMILES string of the molecule is COc1ccc(F)c([C@H](CCC(F)(F)F)N2CCNCC2)c1.Cl. The molecule has 0 aromatic heterocycles. The van der Waals surface area contributed by atoms with E-state index < -0.39 is 24.5 Å². The van der Waals surface area contributed by atoms with E-state index in [1.54, 1.807) is 0 Å². The van der Waals surface area contributed by atoms with Crippen LogP contribution in [0.1, 0.15) is 24.4 Å². The van der Waals surface area contributed by atoms with Gasteiger partial charge in [-0.2, -0.15) is 13.2 Å². The van der Waals surface area contributed by atoms with Gasteiger partial charge in [-0.25, -0.2) is 4.39 Å². The number of hydrogen-bond acceptors (Lipinski definition) is 3. The largest absolute Gasteiger partial charge is 0.497 e. The predicted molar refractivity (Wildman–Crippen MR) is 82.7 cm³/mol. The van der Waals surface area contributed by atoms with Gasteiger partial charge in [-0.15, -0.1) is 12.4 Å². The number of rotatable bonds is 5. The van der Waals surface area contributed by atoms with Gasteiger partial charge in [-0.1, -0.05) is 0 Å². The quantitative estimate of drug-likeness (QED) is 0.817. The summed E-state index contributed by atoms with van der Waals surface area (Å²) in [5.41, 5.74) is 0.269. The van der Waals surface area contributed by atoms with Crippen LogP contribution in [0, 0.1) is 5.82 Å². The van der Waals surface area contributed by atoms with Gasteiger partial charge < -0.3 is 10.1 Å². The first-order valence-electron chi connectivity index (χ1n) is 7.25. The van der Waals surface area contributed by atoms with E-state index in [9.17, 15) is 17.6 Å². The van der Waals surface area contributed by atoms with E-state index in [0.29, 0.717) is 31.9 Å². The fraction of sp³-hybridized carbons (Fsp3) is 0.600. The van der Waals surface area contributed by atoms with Gasteiger partial charge in [0.05, 0.1) is 7.11 Å². The normalized spacial score (nSPS) is 17.4. The van der Waals surface area contributed by atoms with E-state index in [-0.39, 0.29) is 24.4 Å². The van der Waals surface area contributed by atoms with Crippen LogP contribution in [0.5, 0.6) is 5.75 Å². The van der Waals surface area contributed by atoms with Crippen LogP contribution in [-0.2, 0) is 0 Å². The summed E-state index contributed by atoms with van der Waals surface area (Å²) in [6.07, 6.45) is -5.34. The molecule has 1 aliphatic heterocycles. The smallest absolute Gasteiger partial charge is 0.389 e. The molecule has 23 heavy (non-hydrogen) atoms. The van der Waals surface area contributed by atoms with Crippen LogP contribution in [0.4, 0.5) is 17.6 Å². The third-order valence-electron chi connectivity index (χ3n) is 3.86. The van der Waals surface area contributed by atoms with E-state index >= 15 is 0 Å². The second kappa shape index (κ2) is 8.70. The van der Waals surface area contributed by atoms with Crippen LogP contribution in [0.3, 0.4) is 0 Å². The predicted octanol–water partition coefficient (Wildman–Crippen LogP) is 3.54. The molecule has 0 spiro atoms. The molecule has 0 saturated carbocycles. The zero-order chi connectivity index (χ0) is 16.2. The number of ether oxygens (including phenoxy) is 1. The maximum atomic E-state index is 14.2. The second-order valence-corrected chi connectivity index (χ2v) is 5.34. The summed E-state index contributed by atoms with van der Waals surface area (Å²) in [6, 6.07) is 3.62. The molecule has 1 aromatic rings. The summed E-state index contributed by atoms with van der Waals surface area (Å²) < 4.78 is 57.0. The van der Waals surface area contributed by atoms with Crippen molar-refractivity contribution in [2.75, 3.05) is 33.3 Å². The van der Waals surface area contributed by atoms with Crippen molar-refractivity contribution in [3.05, 3.63) is 29.6 Å². The Balaban J connectivity index is 0.00000264. The van der Waals surface area contributed by atoms with Crippen molar-refractivity contribution < 1.29 is 22.3 Å². The molecule has 1 aliphatic rings. The van der Waals surface area contributed by atoms with Crippen LogP contribution in [0.25, 0.3) is 0 Å². The Morgan fingerprint density at radius 2 is 1.91 bits per heavy atom. The summed E-state index contributed by atoms with van der Waals surface area (Å²) in [4.78, 5) is 1.90. The summed E-state index contributed by atoms with van der Waals surface area (Å²) in [7, 11) is 1.45. The maximum Gasteiger partial charge on any atom is 0.389 e. The molecule has 132 valence electrons. The number of hydrogen-bond donors (Lipinski definition) is 1. The summed E-state index contributed by atoms with van der Waals surface area (Å²) in [6.45, 7) is 2.57. The van der Waals surface area contributed by atoms with E-state index in [2.05, 4.69) is 5.32 Å². The molecule has 0 radical (unpaired) electrons. The van der Waals surface area contributed by atoms with Gasteiger partial charge >= 0.3 is 6.18 Å². The van der Waals surface area contributed by atoms with Crippen LogP contribution < -0.4 is 10.1 Å². The average molecular weight is 357 g/mol. The number of alkyl halides is 3. The molecule has 3 nitrogen and oxygen atoms in total. The molecule has 0 aliphatic carbocycles. The first-order valence-corrected chi connectivity index (χ1v) is 7.25. The van der Waals surface area contributed by atoms with Gasteiger partial charge in [-0.05, 0) is 24.6 Å². The highest BCUT2D eigenvalue weighted by molar-refractivity contribution is 5.85. The highest BCUT2D eigenvalue weighted by atomic mass is 35.5. The summed E-state index contributed by atoms with van der Waals surface area (Å²) >= 11 is 0. The molecule has 1 aromatic carbocycles. The molecule has 1 atom stereocenters. The number of nitrogens with zero attached hydrogens (tertiary/aromatic N) is 1. The van der Waals surface area contributed by atoms with E-state index in [1.807, 2.05) is 4.90 Å². The molecule has 0 unspecified atom stereocenters. The lowest BCUT2D eigenvalue weighted by Gasteiger charge is -2.35. The molecular weight excluding hydrogens is 336 g/mol. The van der Waals surface area contributed by atoms with Gasteiger partial charge in [0.25, 0.3) is 0 Å². The molecule has 1 N–H and O–H groups in total. The fourth-order valence-corrected chi connectivity index (χ4v) is 2.73. The number of halogens is 5. The second-order valence-electron chi connectivity index (χ2n) is 5.34. The molecular formula is C15H21ClF4N2O. The van der Waals surface area contributed by atoms with Crippen molar-refractivity contribution in [2.45, 2.75) is 25.1 Å². The third kappa shape index (κ3) is 5.82. The molecule has 1 fully saturated rings. The van der Waals surface area contributed by atoms with Crippen LogP contribution >= 0.6 is 12.4 Å². The minimum Gasteiger partial charge on any atom is -0.497 e. The molecule has 8 heteroatoms. The topological polar surface area (TPSA) is 24.5 Å². The molecule has 2 rings (SSSR count). The van der Waals surface area contributed by atoms with Gasteiger partial charge in [0.2, 0.25) is 0 Å². The zero-order valence-electron chi connectivity index (χ0n) is 12.8. The van der Waals surface area contributed by atoms with Crippen molar-refractivity contribution in [3.8, 4) is 5.75 Å². The lowest BCUT2D eigenvalue weighted by Crippen LogP contribution is -2.45. The Hall–Kier alpha value is -1.05. The Labute approximate surface area is 139 Å². The van der Waals surface area contributed by atoms with Crippen molar-refractivity contribution in [2.24, 2.45) is 0 Å². The van der Waals surface area contributed by atoms with Gasteiger partial charge in [0.15, 0.2) is 0 Å². The Kier molecular flexibility index (Phi) is 7.57. The van der Waals surface area contributed by atoms with Crippen molar-refractivity contribution in [1.29, 1.82) is 0 Å². The lowest BCUT2D eigenvalue weighted by molar-refractivity contribution is -0.138. The summed E-state index contributed by atoms with van der Waals surface area (Å²) in [5, 5.41) is 3.15. The highest BCUT2D eigenvalue weighted by Crippen LogP contribution is 2.34. The lowest BCUT2D eigenvalue weighted by atomic mass is 9.98. The third-order valence-corrected chi connectivity index (χ3v) is 3.86. The minimum absolute atomic E-state index is 0. The van der Waals surface area contributed by atoms with E-state index in [4.69, 9.17) is 4.74 Å². The Morgan fingerprint density at radius 1 is 1.26 bits per heavy atom. The maximum absolute atomic E-state index is 14.2. The molecule has 1 heterocycles. The number of benzene rings is 1. The standard InChI is InChI=1S/C15H20F4N2O.ClH/c1-22-11-2-3-13(16)12(10-11)14(4-5-15(17,18)19)21-8-6-20-7-9-21;/h2-3,10,14,20H,4-9H2,1H3;1H/t14-;/m0./s1. The zero-order valence-corrected chi connectivity index (χ0v) is 13.6. The van der Waals surface area contributed by atoms with Crippen molar-refractivity contribution in [1.82, 2.24) is 10.2 Å². The first kappa shape index (κ1) is 20.0. The van der Waals surface area contributed by atoms with Crippen molar-refractivity contribution in [3.63, 3.8) is 0 Å². The Bertz CT molecular complexity index is 493. The van der Waals surface area contributed by atoms with Gasteiger partial charge in [-0.3, -0.25) is 4.90 Å². The minimum atomic E-state index is -4.25. The monoisotopic (exact) mass is 356 g/mol. The molecule has 1 saturated heterocycles. The van der Waals surface area contributed by atoms with Gasteiger partial charge in [0.1, 0.15) is 11.6 Å². The van der Waals surface area contributed by atoms with Crippen LogP contribution in [-0.4, -0.2) is 44.4 Å². The number of nitrogens with one attached hydrogen (secondary N) is 1. The first-order chi connectivity index (χ1) is 10.4. The van der Waals surface area contributed by atoms with Crippen LogP contribution in [0.15, 0.2) is 18.2 Å². The fourth-order valence-electron chi connectivity index (χ4n) is 2.73.